The van der Waals surface area contributed by atoms with Crippen LogP contribution in [0.25, 0.3) is 10.8 Å². The highest BCUT2D eigenvalue weighted by atomic mass is 16.1. The molecule has 0 aliphatic heterocycles. The second kappa shape index (κ2) is 5.42. The van der Waals surface area contributed by atoms with Gasteiger partial charge in [0, 0.05) is 11.6 Å². The molecule has 2 aromatic rings. The van der Waals surface area contributed by atoms with Gasteiger partial charge in [0.15, 0.2) is 0 Å². The summed E-state index contributed by atoms with van der Waals surface area (Å²) in [6.45, 7) is 2.19. The summed E-state index contributed by atoms with van der Waals surface area (Å²) < 4.78 is 0. The Labute approximate surface area is 131 Å². The van der Waals surface area contributed by atoms with E-state index in [0.717, 1.165) is 28.2 Å². The molecule has 0 radical (unpaired) electrons. The molecule has 0 spiro atoms. The van der Waals surface area contributed by atoms with Gasteiger partial charge >= 0.3 is 0 Å². The quantitative estimate of drug-likeness (QED) is 0.893. The summed E-state index contributed by atoms with van der Waals surface area (Å²) in [6.07, 6.45) is 5.47. The van der Waals surface area contributed by atoms with Crippen molar-refractivity contribution in [2.24, 2.45) is 17.8 Å². The third kappa shape index (κ3) is 2.31. The molecule has 4 rings (SSSR count). The van der Waals surface area contributed by atoms with E-state index in [0.29, 0.717) is 5.92 Å². The standard InChI is InChI=1S/C20H23NO/c1-13(19-12-14-9-10-16(19)11-14)21-20(22)18-8-4-6-15-5-2-3-7-17(15)18/h2-8,13-14,16,19H,9-12H2,1H3,(H,21,22)/t13-,14+,16-,19+/m0/s1. The summed E-state index contributed by atoms with van der Waals surface area (Å²) in [7, 11) is 0. The van der Waals surface area contributed by atoms with Gasteiger partial charge in [-0.3, -0.25) is 4.79 Å². The number of hydrogen-bond acceptors (Lipinski definition) is 1. The highest BCUT2D eigenvalue weighted by Gasteiger charge is 2.42. The molecule has 2 aromatic carbocycles. The minimum Gasteiger partial charge on any atom is -0.349 e. The van der Waals surface area contributed by atoms with E-state index in [9.17, 15) is 4.79 Å². The third-order valence-electron chi connectivity index (χ3n) is 5.83. The minimum atomic E-state index is 0.0760. The van der Waals surface area contributed by atoms with Crippen molar-refractivity contribution in [3.63, 3.8) is 0 Å². The number of benzene rings is 2. The lowest BCUT2D eigenvalue weighted by atomic mass is 9.84. The van der Waals surface area contributed by atoms with E-state index in [-0.39, 0.29) is 11.9 Å². The van der Waals surface area contributed by atoms with Crippen LogP contribution in [0.3, 0.4) is 0 Å². The molecular weight excluding hydrogens is 270 g/mol. The van der Waals surface area contributed by atoms with Crippen LogP contribution in [0.4, 0.5) is 0 Å². The number of carbonyl (C=O) groups is 1. The summed E-state index contributed by atoms with van der Waals surface area (Å²) >= 11 is 0. The van der Waals surface area contributed by atoms with Gasteiger partial charge in [-0.1, -0.05) is 42.8 Å². The van der Waals surface area contributed by atoms with Crippen LogP contribution >= 0.6 is 0 Å². The fourth-order valence-electron chi connectivity index (χ4n) is 4.72. The van der Waals surface area contributed by atoms with Crippen LogP contribution in [-0.4, -0.2) is 11.9 Å². The lowest BCUT2D eigenvalue weighted by Crippen LogP contribution is -2.40. The Balaban J connectivity index is 1.54. The average Bonchev–Trinajstić information content (AvgIpc) is 3.17. The van der Waals surface area contributed by atoms with Gasteiger partial charge in [-0.05, 0) is 60.8 Å². The van der Waals surface area contributed by atoms with Crippen molar-refractivity contribution in [3.8, 4) is 0 Å². The highest BCUT2D eigenvalue weighted by Crippen LogP contribution is 2.49. The van der Waals surface area contributed by atoms with Crippen molar-refractivity contribution in [1.29, 1.82) is 0 Å². The Morgan fingerprint density at radius 1 is 1.09 bits per heavy atom. The van der Waals surface area contributed by atoms with Crippen molar-refractivity contribution in [3.05, 3.63) is 48.0 Å². The molecule has 2 aliphatic rings. The van der Waals surface area contributed by atoms with Crippen LogP contribution < -0.4 is 5.32 Å². The van der Waals surface area contributed by atoms with Gasteiger partial charge in [0.25, 0.3) is 5.91 Å². The van der Waals surface area contributed by atoms with Crippen molar-refractivity contribution in [1.82, 2.24) is 5.32 Å². The van der Waals surface area contributed by atoms with Gasteiger partial charge in [-0.25, -0.2) is 0 Å². The molecule has 22 heavy (non-hydrogen) atoms. The number of fused-ring (bicyclic) bond motifs is 3. The first-order valence-corrected chi connectivity index (χ1v) is 8.51. The molecule has 0 aromatic heterocycles. The molecule has 2 nitrogen and oxygen atoms in total. The third-order valence-corrected chi connectivity index (χ3v) is 5.83. The number of nitrogens with one attached hydrogen (secondary N) is 1. The van der Waals surface area contributed by atoms with E-state index in [2.05, 4.69) is 24.4 Å². The zero-order valence-corrected chi connectivity index (χ0v) is 13.1. The molecule has 2 saturated carbocycles. The molecule has 2 heteroatoms. The van der Waals surface area contributed by atoms with Crippen LogP contribution in [0.1, 0.15) is 43.0 Å². The summed E-state index contributed by atoms with van der Waals surface area (Å²) in [5.74, 6) is 2.52. The van der Waals surface area contributed by atoms with Gasteiger partial charge in [0.2, 0.25) is 0 Å². The highest BCUT2D eigenvalue weighted by molar-refractivity contribution is 6.07. The van der Waals surface area contributed by atoms with E-state index < -0.39 is 0 Å². The Bertz CT molecular complexity index is 702. The maximum Gasteiger partial charge on any atom is 0.252 e. The molecule has 114 valence electrons. The summed E-state index contributed by atoms with van der Waals surface area (Å²) in [4.78, 5) is 12.7. The predicted molar refractivity (Wildman–Crippen MR) is 89.8 cm³/mol. The van der Waals surface area contributed by atoms with Crippen molar-refractivity contribution in [2.75, 3.05) is 0 Å². The minimum absolute atomic E-state index is 0.0760. The summed E-state index contributed by atoms with van der Waals surface area (Å²) in [5, 5.41) is 5.45. The van der Waals surface area contributed by atoms with Gasteiger partial charge in [-0.2, -0.15) is 0 Å². The monoisotopic (exact) mass is 293 g/mol. The lowest BCUT2D eigenvalue weighted by Gasteiger charge is -2.28. The largest absolute Gasteiger partial charge is 0.349 e. The van der Waals surface area contributed by atoms with E-state index in [1.54, 1.807) is 0 Å². The first-order chi connectivity index (χ1) is 10.7. The zero-order valence-electron chi connectivity index (χ0n) is 13.1. The van der Waals surface area contributed by atoms with Crippen molar-refractivity contribution in [2.45, 2.75) is 38.6 Å². The maximum atomic E-state index is 12.7. The Morgan fingerprint density at radius 2 is 1.91 bits per heavy atom. The van der Waals surface area contributed by atoms with Gasteiger partial charge in [-0.15, -0.1) is 0 Å². The summed E-state index contributed by atoms with van der Waals surface area (Å²) in [6, 6.07) is 14.4. The molecule has 2 aliphatic carbocycles. The van der Waals surface area contributed by atoms with E-state index >= 15 is 0 Å². The van der Waals surface area contributed by atoms with Crippen molar-refractivity contribution >= 4 is 16.7 Å². The first kappa shape index (κ1) is 13.8. The van der Waals surface area contributed by atoms with Gasteiger partial charge in [0.05, 0.1) is 0 Å². The zero-order chi connectivity index (χ0) is 15.1. The van der Waals surface area contributed by atoms with E-state index in [1.807, 2.05) is 30.3 Å². The molecule has 0 saturated heterocycles. The topological polar surface area (TPSA) is 29.1 Å². The Kier molecular flexibility index (Phi) is 3.40. The van der Waals surface area contributed by atoms with Crippen LogP contribution in [0.2, 0.25) is 0 Å². The van der Waals surface area contributed by atoms with Gasteiger partial charge in [0.1, 0.15) is 0 Å². The van der Waals surface area contributed by atoms with Crippen LogP contribution in [0.5, 0.6) is 0 Å². The molecule has 0 heterocycles. The normalized spacial score (nSPS) is 28.0. The molecule has 1 amide bonds. The molecule has 0 unspecified atom stereocenters. The van der Waals surface area contributed by atoms with Crippen molar-refractivity contribution < 1.29 is 4.79 Å². The van der Waals surface area contributed by atoms with Gasteiger partial charge < -0.3 is 5.32 Å². The van der Waals surface area contributed by atoms with E-state index in [4.69, 9.17) is 0 Å². The van der Waals surface area contributed by atoms with Crippen LogP contribution in [-0.2, 0) is 0 Å². The first-order valence-electron chi connectivity index (χ1n) is 8.51. The molecule has 2 bridgehead atoms. The second-order valence-corrected chi connectivity index (χ2v) is 7.13. The number of carbonyl (C=O) groups excluding carboxylic acids is 1. The smallest absolute Gasteiger partial charge is 0.252 e. The number of hydrogen-bond donors (Lipinski definition) is 1. The predicted octanol–water partition coefficient (Wildman–Crippen LogP) is 4.39. The number of amides is 1. The average molecular weight is 293 g/mol. The molecule has 1 N–H and O–H groups in total. The molecule has 4 atom stereocenters. The summed E-state index contributed by atoms with van der Waals surface area (Å²) in [5.41, 5.74) is 0.799. The van der Waals surface area contributed by atoms with Crippen LogP contribution in [0.15, 0.2) is 42.5 Å². The maximum absolute atomic E-state index is 12.7. The molecule has 2 fully saturated rings. The second-order valence-electron chi connectivity index (χ2n) is 7.13. The number of rotatable bonds is 3. The Hall–Kier alpha value is -1.83. The fourth-order valence-corrected chi connectivity index (χ4v) is 4.72. The van der Waals surface area contributed by atoms with Crippen LogP contribution in [0, 0.1) is 17.8 Å². The molecular formula is C20H23NO. The fraction of sp³-hybridized carbons (Fsp3) is 0.450. The lowest BCUT2D eigenvalue weighted by molar-refractivity contribution is 0.0917. The SMILES string of the molecule is C[C@H](NC(=O)c1cccc2ccccc12)[C@H]1C[C@@H]2CC[C@H]1C2. The van der Waals surface area contributed by atoms with E-state index in [1.165, 1.54) is 25.7 Å². The Morgan fingerprint density at radius 3 is 2.68 bits per heavy atom.